The summed E-state index contributed by atoms with van der Waals surface area (Å²) in [6, 6.07) is 4.40. The molecule has 0 heterocycles. The zero-order chi connectivity index (χ0) is 11.4. The molecule has 1 rings (SSSR count). The number of hydrogen-bond donors (Lipinski definition) is 1. The average Bonchev–Trinajstić information content (AvgIpc) is 2.27. The molecule has 0 aliphatic heterocycles. The van der Waals surface area contributed by atoms with Gasteiger partial charge in [-0.05, 0) is 24.1 Å². The highest BCUT2D eigenvalue weighted by atomic mass is 35.5. The van der Waals surface area contributed by atoms with Gasteiger partial charge in [0, 0.05) is 11.6 Å². The Bertz CT molecular complexity index is 333. The number of methoxy groups -OCH3 is 1. The van der Waals surface area contributed by atoms with E-state index >= 15 is 0 Å². The highest BCUT2D eigenvalue weighted by Crippen LogP contribution is 2.27. The van der Waals surface area contributed by atoms with Crippen LogP contribution in [0.3, 0.4) is 0 Å². The lowest BCUT2D eigenvalue weighted by Crippen LogP contribution is -2.19. The highest BCUT2D eigenvalue weighted by Gasteiger charge is 2.17. The number of rotatable bonds is 4. The molecular formula is C12H19ClFNO. The molecule has 16 heavy (non-hydrogen) atoms. The van der Waals surface area contributed by atoms with E-state index in [1.165, 1.54) is 6.07 Å². The molecule has 1 aromatic rings. The van der Waals surface area contributed by atoms with Crippen LogP contribution in [0.2, 0.25) is 0 Å². The van der Waals surface area contributed by atoms with Gasteiger partial charge in [-0.25, -0.2) is 4.39 Å². The van der Waals surface area contributed by atoms with Crippen molar-refractivity contribution in [2.24, 2.45) is 11.7 Å². The SMILES string of the molecule is CCC(C)[C@@H](N)c1cc(OC)ccc1F.Cl. The maximum Gasteiger partial charge on any atom is 0.128 e. The Morgan fingerprint density at radius 2 is 2.06 bits per heavy atom. The van der Waals surface area contributed by atoms with Gasteiger partial charge >= 0.3 is 0 Å². The first-order valence-corrected chi connectivity index (χ1v) is 5.19. The van der Waals surface area contributed by atoms with Crippen LogP contribution >= 0.6 is 12.4 Å². The standard InChI is InChI=1S/C12H18FNO.ClH/c1-4-8(2)12(14)10-7-9(15-3)5-6-11(10)13;/h5-8,12H,4,14H2,1-3H3;1H/t8?,12-;/m1./s1. The van der Waals surface area contributed by atoms with Crippen molar-refractivity contribution in [3.05, 3.63) is 29.6 Å². The number of halogens is 2. The van der Waals surface area contributed by atoms with E-state index in [0.29, 0.717) is 11.3 Å². The number of benzene rings is 1. The van der Waals surface area contributed by atoms with E-state index in [9.17, 15) is 4.39 Å². The van der Waals surface area contributed by atoms with Crippen molar-refractivity contribution in [2.45, 2.75) is 26.3 Å². The van der Waals surface area contributed by atoms with Crippen molar-refractivity contribution in [1.82, 2.24) is 0 Å². The largest absolute Gasteiger partial charge is 0.497 e. The predicted octanol–water partition coefficient (Wildman–Crippen LogP) is 3.30. The second-order valence-electron chi connectivity index (χ2n) is 3.80. The lowest BCUT2D eigenvalue weighted by molar-refractivity contribution is 0.405. The second-order valence-corrected chi connectivity index (χ2v) is 3.80. The van der Waals surface area contributed by atoms with Crippen LogP contribution < -0.4 is 10.5 Å². The Labute approximate surface area is 102 Å². The van der Waals surface area contributed by atoms with Gasteiger partial charge in [0.05, 0.1) is 7.11 Å². The van der Waals surface area contributed by atoms with E-state index in [4.69, 9.17) is 10.5 Å². The lowest BCUT2D eigenvalue weighted by Gasteiger charge is -2.19. The third-order valence-electron chi connectivity index (χ3n) is 2.82. The Balaban J connectivity index is 0.00000225. The summed E-state index contributed by atoms with van der Waals surface area (Å²) < 4.78 is 18.6. The quantitative estimate of drug-likeness (QED) is 0.886. The van der Waals surface area contributed by atoms with E-state index in [2.05, 4.69) is 0 Å². The van der Waals surface area contributed by atoms with Crippen LogP contribution in [0.4, 0.5) is 4.39 Å². The number of nitrogens with two attached hydrogens (primary N) is 1. The smallest absolute Gasteiger partial charge is 0.128 e. The van der Waals surface area contributed by atoms with Gasteiger partial charge < -0.3 is 10.5 Å². The summed E-state index contributed by atoms with van der Waals surface area (Å²) in [7, 11) is 1.56. The van der Waals surface area contributed by atoms with E-state index < -0.39 is 0 Å². The van der Waals surface area contributed by atoms with Gasteiger partial charge in [-0.15, -0.1) is 12.4 Å². The summed E-state index contributed by atoms with van der Waals surface area (Å²) in [6.45, 7) is 4.06. The molecule has 2 nitrogen and oxygen atoms in total. The van der Waals surface area contributed by atoms with E-state index in [1.807, 2.05) is 13.8 Å². The summed E-state index contributed by atoms with van der Waals surface area (Å²) >= 11 is 0. The zero-order valence-electron chi connectivity index (χ0n) is 9.87. The maximum atomic E-state index is 13.5. The van der Waals surface area contributed by atoms with Crippen molar-refractivity contribution in [3.8, 4) is 5.75 Å². The first-order chi connectivity index (χ1) is 7.10. The van der Waals surface area contributed by atoms with Crippen molar-refractivity contribution in [3.63, 3.8) is 0 Å². The van der Waals surface area contributed by atoms with E-state index in [0.717, 1.165) is 6.42 Å². The molecule has 0 aliphatic rings. The van der Waals surface area contributed by atoms with Gasteiger partial charge in [0.1, 0.15) is 11.6 Å². The zero-order valence-corrected chi connectivity index (χ0v) is 10.7. The van der Waals surface area contributed by atoms with Crippen LogP contribution in [0.25, 0.3) is 0 Å². The van der Waals surface area contributed by atoms with Gasteiger partial charge in [-0.2, -0.15) is 0 Å². The predicted molar refractivity (Wildman–Crippen MR) is 66.6 cm³/mol. The molecule has 4 heteroatoms. The summed E-state index contributed by atoms with van der Waals surface area (Å²) in [6.07, 6.45) is 0.928. The Kier molecular flexibility index (Phi) is 6.38. The maximum absolute atomic E-state index is 13.5. The van der Waals surface area contributed by atoms with Crippen molar-refractivity contribution < 1.29 is 9.13 Å². The molecule has 2 atom stereocenters. The van der Waals surface area contributed by atoms with Crippen LogP contribution in [-0.2, 0) is 0 Å². The third kappa shape index (κ3) is 3.35. The van der Waals surface area contributed by atoms with Crippen molar-refractivity contribution >= 4 is 12.4 Å². The highest BCUT2D eigenvalue weighted by molar-refractivity contribution is 5.85. The molecule has 0 saturated carbocycles. The van der Waals surface area contributed by atoms with Gasteiger partial charge in [0.2, 0.25) is 0 Å². The number of hydrogen-bond acceptors (Lipinski definition) is 2. The molecular weight excluding hydrogens is 229 g/mol. The van der Waals surface area contributed by atoms with Crippen LogP contribution in [0.1, 0.15) is 31.9 Å². The Hall–Kier alpha value is -0.800. The molecule has 92 valence electrons. The lowest BCUT2D eigenvalue weighted by atomic mass is 9.93. The van der Waals surface area contributed by atoms with E-state index in [1.54, 1.807) is 19.2 Å². The molecule has 0 fully saturated rings. The fourth-order valence-electron chi connectivity index (χ4n) is 1.46. The van der Waals surface area contributed by atoms with Gasteiger partial charge in [-0.3, -0.25) is 0 Å². The molecule has 1 unspecified atom stereocenters. The van der Waals surface area contributed by atoms with E-state index in [-0.39, 0.29) is 30.2 Å². The van der Waals surface area contributed by atoms with Gasteiger partial charge in [-0.1, -0.05) is 20.3 Å². The molecule has 0 spiro atoms. The summed E-state index contributed by atoms with van der Waals surface area (Å²) in [5.74, 6) is 0.639. The molecule has 0 aromatic heterocycles. The van der Waals surface area contributed by atoms with Crippen LogP contribution in [0.5, 0.6) is 5.75 Å². The summed E-state index contributed by atoms with van der Waals surface area (Å²) in [5.41, 5.74) is 6.51. The molecule has 0 bridgehead atoms. The first-order valence-electron chi connectivity index (χ1n) is 5.19. The fraction of sp³-hybridized carbons (Fsp3) is 0.500. The fourth-order valence-corrected chi connectivity index (χ4v) is 1.46. The summed E-state index contributed by atoms with van der Waals surface area (Å²) in [4.78, 5) is 0. The minimum Gasteiger partial charge on any atom is -0.497 e. The van der Waals surface area contributed by atoms with Crippen LogP contribution in [0.15, 0.2) is 18.2 Å². The minimum absolute atomic E-state index is 0. The van der Waals surface area contributed by atoms with Crippen molar-refractivity contribution in [2.75, 3.05) is 7.11 Å². The first kappa shape index (κ1) is 15.2. The minimum atomic E-state index is -0.273. The molecule has 0 radical (unpaired) electrons. The van der Waals surface area contributed by atoms with Crippen molar-refractivity contribution in [1.29, 1.82) is 0 Å². The van der Waals surface area contributed by atoms with Gasteiger partial charge in [0.15, 0.2) is 0 Å². The molecule has 0 saturated heterocycles. The topological polar surface area (TPSA) is 35.2 Å². The number of ether oxygens (including phenoxy) is 1. The Morgan fingerprint density at radius 1 is 1.44 bits per heavy atom. The molecule has 0 amide bonds. The summed E-state index contributed by atoms with van der Waals surface area (Å²) in [5, 5.41) is 0. The van der Waals surface area contributed by atoms with Crippen LogP contribution in [0, 0.1) is 11.7 Å². The normalized spacial score (nSPS) is 13.8. The van der Waals surface area contributed by atoms with Crippen LogP contribution in [-0.4, -0.2) is 7.11 Å². The molecule has 2 N–H and O–H groups in total. The monoisotopic (exact) mass is 247 g/mol. The molecule has 1 aromatic carbocycles. The third-order valence-corrected chi connectivity index (χ3v) is 2.82. The van der Waals surface area contributed by atoms with Gasteiger partial charge in [0.25, 0.3) is 0 Å². The average molecular weight is 248 g/mol. The molecule has 0 aliphatic carbocycles. The second kappa shape index (κ2) is 6.71. The Morgan fingerprint density at radius 3 is 2.56 bits per heavy atom.